The zero-order chi connectivity index (χ0) is 11.3. The third kappa shape index (κ3) is 2.58. The van der Waals surface area contributed by atoms with Crippen molar-refractivity contribution in [2.45, 2.75) is 45.1 Å². The summed E-state index contributed by atoms with van der Waals surface area (Å²) in [5.41, 5.74) is -0.602. The average molecular weight is 214 g/mol. The van der Waals surface area contributed by atoms with E-state index in [4.69, 9.17) is 9.47 Å². The Hall–Kier alpha value is -0.410. The number of carbonyl (C=O) groups excluding carboxylic acids is 1. The molecule has 0 aromatic heterocycles. The SMILES string of the molecule is CCCC(OC)(C(C)=O)C1CCCOC1. The molecule has 0 bridgehead atoms. The van der Waals surface area contributed by atoms with Gasteiger partial charge in [0, 0.05) is 19.6 Å². The highest BCUT2D eigenvalue weighted by molar-refractivity contribution is 5.85. The topological polar surface area (TPSA) is 35.5 Å². The van der Waals surface area contributed by atoms with Gasteiger partial charge in [0.1, 0.15) is 5.60 Å². The number of ketones is 1. The van der Waals surface area contributed by atoms with Crippen LogP contribution < -0.4 is 0 Å². The normalized spacial score (nSPS) is 25.9. The van der Waals surface area contributed by atoms with E-state index < -0.39 is 5.60 Å². The van der Waals surface area contributed by atoms with Crippen LogP contribution in [0.25, 0.3) is 0 Å². The first-order valence-corrected chi connectivity index (χ1v) is 5.81. The lowest BCUT2D eigenvalue weighted by molar-refractivity contribution is -0.155. The molecule has 1 rings (SSSR count). The quantitative estimate of drug-likeness (QED) is 0.703. The maximum atomic E-state index is 11.8. The van der Waals surface area contributed by atoms with E-state index in [0.717, 1.165) is 32.3 Å². The average Bonchev–Trinajstić information content (AvgIpc) is 2.26. The van der Waals surface area contributed by atoms with E-state index in [1.54, 1.807) is 14.0 Å². The molecule has 3 nitrogen and oxygen atoms in total. The summed E-state index contributed by atoms with van der Waals surface area (Å²) in [4.78, 5) is 11.8. The van der Waals surface area contributed by atoms with Crippen LogP contribution in [0.1, 0.15) is 39.5 Å². The summed E-state index contributed by atoms with van der Waals surface area (Å²) in [7, 11) is 1.64. The number of ether oxygens (including phenoxy) is 2. The minimum Gasteiger partial charge on any atom is -0.381 e. The number of hydrogen-bond donors (Lipinski definition) is 0. The summed E-state index contributed by atoms with van der Waals surface area (Å²) in [6, 6.07) is 0. The summed E-state index contributed by atoms with van der Waals surface area (Å²) < 4.78 is 11.0. The molecule has 2 unspecified atom stereocenters. The highest BCUT2D eigenvalue weighted by atomic mass is 16.5. The van der Waals surface area contributed by atoms with Crippen molar-refractivity contribution in [3.05, 3.63) is 0 Å². The van der Waals surface area contributed by atoms with Gasteiger partial charge in [-0.05, 0) is 26.2 Å². The number of hydrogen-bond acceptors (Lipinski definition) is 3. The van der Waals surface area contributed by atoms with Gasteiger partial charge in [-0.1, -0.05) is 13.3 Å². The lowest BCUT2D eigenvalue weighted by Crippen LogP contribution is -2.49. The van der Waals surface area contributed by atoms with Gasteiger partial charge in [0.15, 0.2) is 5.78 Å². The Kier molecular flexibility index (Phi) is 4.74. The van der Waals surface area contributed by atoms with Crippen LogP contribution in [0.3, 0.4) is 0 Å². The Bertz CT molecular complexity index is 209. The minimum atomic E-state index is -0.602. The molecule has 0 amide bonds. The van der Waals surface area contributed by atoms with Crippen molar-refractivity contribution in [3.8, 4) is 0 Å². The minimum absolute atomic E-state index is 0.141. The van der Waals surface area contributed by atoms with Crippen molar-refractivity contribution >= 4 is 5.78 Å². The molecule has 0 aromatic carbocycles. The molecule has 0 aliphatic carbocycles. The summed E-state index contributed by atoms with van der Waals surface area (Å²) >= 11 is 0. The van der Waals surface area contributed by atoms with Gasteiger partial charge >= 0.3 is 0 Å². The molecule has 88 valence electrons. The van der Waals surface area contributed by atoms with Crippen LogP contribution in [0, 0.1) is 5.92 Å². The van der Waals surface area contributed by atoms with Crippen LogP contribution in [-0.2, 0) is 14.3 Å². The second kappa shape index (κ2) is 5.61. The van der Waals surface area contributed by atoms with Gasteiger partial charge < -0.3 is 9.47 Å². The number of Topliss-reactive ketones (excluding diaryl/α,β-unsaturated/α-hetero) is 1. The van der Waals surface area contributed by atoms with E-state index in [9.17, 15) is 4.79 Å². The monoisotopic (exact) mass is 214 g/mol. The summed E-state index contributed by atoms with van der Waals surface area (Å²) in [6.07, 6.45) is 3.83. The second-order valence-corrected chi connectivity index (χ2v) is 4.31. The summed E-state index contributed by atoms with van der Waals surface area (Å²) in [5, 5.41) is 0. The third-order valence-corrected chi connectivity index (χ3v) is 3.40. The standard InChI is InChI=1S/C12H22O3/c1-4-7-12(14-3,10(2)13)11-6-5-8-15-9-11/h11H,4-9H2,1-3H3. The fourth-order valence-corrected chi connectivity index (χ4v) is 2.56. The van der Waals surface area contributed by atoms with Crippen molar-refractivity contribution in [1.82, 2.24) is 0 Å². The predicted octanol–water partition coefficient (Wildman–Crippen LogP) is 2.19. The van der Waals surface area contributed by atoms with E-state index >= 15 is 0 Å². The molecule has 2 atom stereocenters. The number of carbonyl (C=O) groups is 1. The van der Waals surface area contributed by atoms with Crippen LogP contribution in [0.4, 0.5) is 0 Å². The molecule has 0 saturated carbocycles. The van der Waals surface area contributed by atoms with Crippen molar-refractivity contribution in [3.63, 3.8) is 0 Å². The van der Waals surface area contributed by atoms with E-state index in [1.807, 2.05) is 0 Å². The van der Waals surface area contributed by atoms with E-state index in [-0.39, 0.29) is 11.7 Å². The molecule has 0 radical (unpaired) electrons. The third-order valence-electron chi connectivity index (χ3n) is 3.40. The number of rotatable bonds is 5. The van der Waals surface area contributed by atoms with Crippen molar-refractivity contribution in [2.24, 2.45) is 5.92 Å². The zero-order valence-electron chi connectivity index (χ0n) is 10.0. The first-order valence-electron chi connectivity index (χ1n) is 5.81. The van der Waals surface area contributed by atoms with E-state index in [0.29, 0.717) is 6.61 Å². The molecule has 1 fully saturated rings. The van der Waals surface area contributed by atoms with Crippen LogP contribution in [-0.4, -0.2) is 31.7 Å². The van der Waals surface area contributed by atoms with Crippen LogP contribution >= 0.6 is 0 Å². The lowest BCUT2D eigenvalue weighted by Gasteiger charge is -2.39. The summed E-state index contributed by atoms with van der Waals surface area (Å²) in [5.74, 6) is 0.371. The van der Waals surface area contributed by atoms with Gasteiger partial charge in [-0.15, -0.1) is 0 Å². The first-order chi connectivity index (χ1) is 7.17. The second-order valence-electron chi connectivity index (χ2n) is 4.31. The fourth-order valence-electron chi connectivity index (χ4n) is 2.56. The fraction of sp³-hybridized carbons (Fsp3) is 0.917. The molecular weight excluding hydrogens is 192 g/mol. The maximum absolute atomic E-state index is 11.8. The van der Waals surface area contributed by atoms with Gasteiger partial charge in [-0.3, -0.25) is 4.79 Å². The molecule has 1 aliphatic heterocycles. The molecule has 1 saturated heterocycles. The Morgan fingerprint density at radius 1 is 1.60 bits per heavy atom. The van der Waals surface area contributed by atoms with E-state index in [2.05, 4.69) is 6.92 Å². The molecule has 3 heteroatoms. The van der Waals surface area contributed by atoms with Crippen molar-refractivity contribution in [1.29, 1.82) is 0 Å². The van der Waals surface area contributed by atoms with Gasteiger partial charge in [0.2, 0.25) is 0 Å². The van der Waals surface area contributed by atoms with Crippen LogP contribution in [0.15, 0.2) is 0 Å². The van der Waals surface area contributed by atoms with Crippen LogP contribution in [0.2, 0.25) is 0 Å². The summed E-state index contributed by atoms with van der Waals surface area (Å²) in [6.45, 7) is 5.20. The Balaban J connectivity index is 2.80. The highest BCUT2D eigenvalue weighted by Gasteiger charge is 2.43. The lowest BCUT2D eigenvalue weighted by atomic mass is 9.77. The van der Waals surface area contributed by atoms with Crippen molar-refractivity contribution < 1.29 is 14.3 Å². The molecule has 1 heterocycles. The molecule has 0 N–H and O–H groups in total. The van der Waals surface area contributed by atoms with Gasteiger partial charge in [0.25, 0.3) is 0 Å². The number of methoxy groups -OCH3 is 1. The van der Waals surface area contributed by atoms with Gasteiger partial charge in [-0.2, -0.15) is 0 Å². The molecule has 15 heavy (non-hydrogen) atoms. The Labute approximate surface area is 92.1 Å². The van der Waals surface area contributed by atoms with E-state index in [1.165, 1.54) is 0 Å². The van der Waals surface area contributed by atoms with Gasteiger partial charge in [0.05, 0.1) is 6.61 Å². The smallest absolute Gasteiger partial charge is 0.161 e. The van der Waals surface area contributed by atoms with Gasteiger partial charge in [-0.25, -0.2) is 0 Å². The largest absolute Gasteiger partial charge is 0.381 e. The molecule has 1 aliphatic rings. The Morgan fingerprint density at radius 2 is 2.33 bits per heavy atom. The first kappa shape index (κ1) is 12.7. The van der Waals surface area contributed by atoms with Crippen molar-refractivity contribution in [2.75, 3.05) is 20.3 Å². The van der Waals surface area contributed by atoms with Crippen LogP contribution in [0.5, 0.6) is 0 Å². The Morgan fingerprint density at radius 3 is 2.73 bits per heavy atom. The molecular formula is C12H22O3. The molecule has 0 aromatic rings. The highest BCUT2D eigenvalue weighted by Crippen LogP contribution is 2.33. The predicted molar refractivity (Wildman–Crippen MR) is 58.9 cm³/mol. The maximum Gasteiger partial charge on any atom is 0.161 e. The zero-order valence-corrected chi connectivity index (χ0v) is 10.0. The molecule has 0 spiro atoms.